The summed E-state index contributed by atoms with van der Waals surface area (Å²) in [6, 6.07) is 0. The Balaban J connectivity index is 3.22. The molecule has 64 valence electrons. The predicted octanol–water partition coefficient (Wildman–Crippen LogP) is 2.62. The molecule has 1 heterocycles. The summed E-state index contributed by atoms with van der Waals surface area (Å²) in [5, 5.41) is 11.8. The average Bonchev–Trinajstić information content (AvgIpc) is 2.30. The molecule has 1 aromatic heterocycles. The van der Waals surface area contributed by atoms with Crippen LogP contribution >= 0.6 is 27.3 Å². The van der Waals surface area contributed by atoms with E-state index in [1.54, 1.807) is 0 Å². The monoisotopic (exact) mass is 249 g/mol. The second kappa shape index (κ2) is 3.32. The Morgan fingerprint density at radius 3 is 2.58 bits per heavy atom. The highest BCUT2D eigenvalue weighted by molar-refractivity contribution is 9.10. The van der Waals surface area contributed by atoms with E-state index in [1.807, 2.05) is 0 Å². The molecule has 0 radical (unpaired) electrons. The fraction of sp³-hybridized carbons (Fsp3) is 0.167. The molecule has 0 aromatic carbocycles. The molecule has 0 N–H and O–H groups in total. The lowest BCUT2D eigenvalue weighted by molar-refractivity contribution is -0.381. The predicted molar refractivity (Wildman–Crippen MR) is 48.7 cm³/mol. The van der Waals surface area contributed by atoms with Crippen LogP contribution in [0.2, 0.25) is 0 Å². The van der Waals surface area contributed by atoms with Crippen molar-refractivity contribution >= 4 is 38.1 Å². The van der Waals surface area contributed by atoms with E-state index in [0.717, 1.165) is 11.3 Å². The Kier molecular flexibility index (Phi) is 2.58. The molecule has 0 fully saturated rings. The maximum Gasteiger partial charge on any atom is 0.338 e. The Bertz CT molecular complexity index is 315. The van der Waals surface area contributed by atoms with Crippen molar-refractivity contribution in [3.8, 4) is 0 Å². The van der Waals surface area contributed by atoms with Crippen LogP contribution < -0.4 is 0 Å². The highest BCUT2D eigenvalue weighted by Crippen LogP contribution is 2.35. The Hall–Kier alpha value is -0.750. The topological polar surface area (TPSA) is 60.2 Å². The van der Waals surface area contributed by atoms with Crippen molar-refractivity contribution in [1.29, 1.82) is 0 Å². The Morgan fingerprint density at radius 1 is 1.75 bits per heavy atom. The zero-order chi connectivity index (χ0) is 9.30. The molecular weight excluding hydrogens is 246 g/mol. The number of ketones is 1. The van der Waals surface area contributed by atoms with Gasteiger partial charge in [0.25, 0.3) is 0 Å². The summed E-state index contributed by atoms with van der Waals surface area (Å²) in [6.07, 6.45) is 0. The van der Waals surface area contributed by atoms with Gasteiger partial charge in [-0.3, -0.25) is 14.9 Å². The number of carbonyl (C=O) groups excluding carboxylic acids is 1. The van der Waals surface area contributed by atoms with Gasteiger partial charge in [0.1, 0.15) is 4.47 Å². The lowest BCUT2D eigenvalue weighted by Crippen LogP contribution is -1.90. The number of rotatable bonds is 2. The minimum Gasteiger partial charge on any atom is -0.294 e. The van der Waals surface area contributed by atoms with E-state index < -0.39 is 4.92 Å². The summed E-state index contributed by atoms with van der Waals surface area (Å²) in [6.45, 7) is 1.37. The molecular formula is C6H4BrNO3S. The van der Waals surface area contributed by atoms with Crippen LogP contribution in [-0.2, 0) is 0 Å². The minimum absolute atomic E-state index is 0.0276. The van der Waals surface area contributed by atoms with Gasteiger partial charge in [-0.2, -0.15) is 0 Å². The van der Waals surface area contributed by atoms with E-state index in [2.05, 4.69) is 15.9 Å². The van der Waals surface area contributed by atoms with E-state index in [0.29, 0.717) is 5.56 Å². The van der Waals surface area contributed by atoms with Gasteiger partial charge in [0.15, 0.2) is 5.78 Å². The van der Waals surface area contributed by atoms with Crippen molar-refractivity contribution in [2.24, 2.45) is 0 Å². The number of nitro groups is 1. The molecule has 0 saturated heterocycles. The van der Waals surface area contributed by atoms with Crippen LogP contribution in [0, 0.1) is 10.1 Å². The van der Waals surface area contributed by atoms with Crippen LogP contribution in [0.4, 0.5) is 5.00 Å². The van der Waals surface area contributed by atoms with E-state index in [4.69, 9.17) is 0 Å². The van der Waals surface area contributed by atoms with Crippen LogP contribution in [-0.4, -0.2) is 10.7 Å². The lowest BCUT2D eigenvalue weighted by Gasteiger charge is -1.88. The maximum absolute atomic E-state index is 10.9. The molecule has 0 aliphatic carbocycles. The van der Waals surface area contributed by atoms with Crippen molar-refractivity contribution in [2.75, 3.05) is 0 Å². The van der Waals surface area contributed by atoms with Crippen molar-refractivity contribution in [3.05, 3.63) is 25.5 Å². The molecule has 0 atom stereocenters. The minimum atomic E-state index is -0.513. The van der Waals surface area contributed by atoms with Crippen LogP contribution in [0.5, 0.6) is 0 Å². The number of halogens is 1. The molecule has 0 aliphatic heterocycles. The molecule has 4 nitrogen and oxygen atoms in total. The number of Topliss-reactive ketones (excluding diaryl/α,β-unsaturated/α-hetero) is 1. The van der Waals surface area contributed by atoms with Crippen LogP contribution in [0.15, 0.2) is 9.85 Å². The largest absolute Gasteiger partial charge is 0.338 e. The first-order valence-corrected chi connectivity index (χ1v) is 4.63. The average molecular weight is 250 g/mol. The van der Waals surface area contributed by atoms with Gasteiger partial charge < -0.3 is 0 Å². The SMILES string of the molecule is CC(=O)c1csc([N+](=O)[O-])c1Br. The molecule has 0 unspecified atom stereocenters. The van der Waals surface area contributed by atoms with E-state index in [9.17, 15) is 14.9 Å². The summed E-state index contributed by atoms with van der Waals surface area (Å²) in [7, 11) is 0. The number of hydrogen-bond donors (Lipinski definition) is 0. The third-order valence-corrected chi connectivity index (χ3v) is 3.25. The molecule has 1 aromatic rings. The van der Waals surface area contributed by atoms with Crippen LogP contribution in [0.25, 0.3) is 0 Å². The fourth-order valence-corrected chi connectivity index (χ4v) is 2.48. The second-order valence-electron chi connectivity index (χ2n) is 2.08. The molecule has 0 saturated carbocycles. The number of hydrogen-bond acceptors (Lipinski definition) is 4. The van der Waals surface area contributed by atoms with Gasteiger partial charge >= 0.3 is 5.00 Å². The van der Waals surface area contributed by atoms with Crippen molar-refractivity contribution in [3.63, 3.8) is 0 Å². The highest BCUT2D eigenvalue weighted by Gasteiger charge is 2.20. The number of carbonyl (C=O) groups is 1. The van der Waals surface area contributed by atoms with Gasteiger partial charge in [0.2, 0.25) is 0 Å². The summed E-state index contributed by atoms with van der Waals surface area (Å²) in [5.41, 5.74) is 0.367. The Morgan fingerprint density at radius 2 is 2.33 bits per heavy atom. The molecule has 0 aliphatic rings. The first-order chi connectivity index (χ1) is 5.54. The molecule has 0 bridgehead atoms. The summed E-state index contributed by atoms with van der Waals surface area (Å²) in [4.78, 5) is 20.7. The zero-order valence-corrected chi connectivity index (χ0v) is 8.44. The second-order valence-corrected chi connectivity index (χ2v) is 3.73. The molecule has 0 spiro atoms. The van der Waals surface area contributed by atoms with E-state index >= 15 is 0 Å². The lowest BCUT2D eigenvalue weighted by atomic mass is 10.2. The van der Waals surface area contributed by atoms with Gasteiger partial charge in [0.05, 0.1) is 4.92 Å². The van der Waals surface area contributed by atoms with Crippen molar-refractivity contribution in [2.45, 2.75) is 6.92 Å². The standard InChI is InChI=1S/C6H4BrNO3S/c1-3(9)4-2-12-6(5(4)7)8(10)11/h2H,1H3. The summed E-state index contributed by atoms with van der Waals surface area (Å²) < 4.78 is 0.282. The molecule has 6 heteroatoms. The Labute approximate surface area is 80.5 Å². The van der Waals surface area contributed by atoms with E-state index in [-0.39, 0.29) is 15.3 Å². The number of nitrogens with zero attached hydrogens (tertiary/aromatic N) is 1. The van der Waals surface area contributed by atoms with Gasteiger partial charge in [-0.25, -0.2) is 0 Å². The maximum atomic E-state index is 10.9. The van der Waals surface area contributed by atoms with Crippen LogP contribution in [0.3, 0.4) is 0 Å². The third kappa shape index (κ3) is 1.54. The normalized spacial score (nSPS) is 9.83. The smallest absolute Gasteiger partial charge is 0.294 e. The molecule has 0 amide bonds. The number of thiophene rings is 1. The van der Waals surface area contributed by atoms with Crippen molar-refractivity contribution < 1.29 is 9.72 Å². The first-order valence-electron chi connectivity index (χ1n) is 2.96. The molecule has 12 heavy (non-hydrogen) atoms. The quantitative estimate of drug-likeness (QED) is 0.460. The van der Waals surface area contributed by atoms with E-state index in [1.165, 1.54) is 12.3 Å². The summed E-state index contributed by atoms with van der Waals surface area (Å²) >= 11 is 3.95. The highest BCUT2D eigenvalue weighted by atomic mass is 79.9. The van der Waals surface area contributed by atoms with Gasteiger partial charge in [-0.05, 0) is 22.9 Å². The summed E-state index contributed by atoms with van der Waals surface area (Å²) in [5.74, 6) is -0.175. The van der Waals surface area contributed by atoms with Gasteiger partial charge in [-0.15, -0.1) is 0 Å². The third-order valence-electron chi connectivity index (χ3n) is 1.26. The van der Waals surface area contributed by atoms with Crippen LogP contribution in [0.1, 0.15) is 17.3 Å². The van der Waals surface area contributed by atoms with Gasteiger partial charge in [-0.1, -0.05) is 11.3 Å². The molecule has 1 rings (SSSR count). The fourth-order valence-electron chi connectivity index (χ4n) is 0.694. The first kappa shape index (κ1) is 9.34. The van der Waals surface area contributed by atoms with Gasteiger partial charge in [0, 0.05) is 10.9 Å². The zero-order valence-electron chi connectivity index (χ0n) is 6.04. The van der Waals surface area contributed by atoms with Crippen molar-refractivity contribution in [1.82, 2.24) is 0 Å².